The van der Waals surface area contributed by atoms with Gasteiger partial charge in [0, 0.05) is 19.3 Å². The van der Waals surface area contributed by atoms with Crippen LogP contribution in [0.3, 0.4) is 0 Å². The summed E-state index contributed by atoms with van der Waals surface area (Å²) in [5.74, 6) is -0.307. The van der Waals surface area contributed by atoms with Crippen LogP contribution >= 0.6 is 0 Å². The van der Waals surface area contributed by atoms with E-state index < -0.39 is 6.09 Å². The quantitative estimate of drug-likeness (QED) is 0.529. The SMILES string of the molecule is NC(=O)CCCC[N+]1(C(=O)O)CCCC1. The molecular weight excluding hydrogens is 196 g/mol. The molecule has 0 aromatic carbocycles. The highest BCUT2D eigenvalue weighted by Crippen LogP contribution is 2.21. The number of nitrogens with two attached hydrogens (primary N) is 1. The third-order valence-corrected chi connectivity index (χ3v) is 3.09. The number of primary amides is 1. The van der Waals surface area contributed by atoms with Crippen molar-refractivity contribution in [2.24, 2.45) is 5.73 Å². The first-order chi connectivity index (χ1) is 7.07. The zero-order chi connectivity index (χ0) is 11.3. The van der Waals surface area contributed by atoms with E-state index >= 15 is 0 Å². The summed E-state index contributed by atoms with van der Waals surface area (Å²) < 4.78 is 0.179. The van der Waals surface area contributed by atoms with Gasteiger partial charge < -0.3 is 10.8 Å². The molecule has 0 unspecified atom stereocenters. The molecule has 1 aliphatic heterocycles. The molecule has 86 valence electrons. The maximum atomic E-state index is 11.1. The van der Waals surface area contributed by atoms with Gasteiger partial charge in [0.2, 0.25) is 5.91 Å². The molecule has 15 heavy (non-hydrogen) atoms. The van der Waals surface area contributed by atoms with Crippen LogP contribution in [0, 0.1) is 0 Å². The number of carboxylic acid groups (broad SMARTS) is 1. The number of rotatable bonds is 5. The van der Waals surface area contributed by atoms with Crippen LogP contribution in [-0.2, 0) is 4.79 Å². The second-order valence-corrected chi connectivity index (χ2v) is 4.23. The van der Waals surface area contributed by atoms with Gasteiger partial charge >= 0.3 is 6.09 Å². The minimum atomic E-state index is -0.730. The topological polar surface area (TPSA) is 80.4 Å². The molecule has 1 heterocycles. The van der Waals surface area contributed by atoms with E-state index in [1.54, 1.807) is 0 Å². The number of quaternary nitrogens is 1. The Balaban J connectivity index is 2.33. The van der Waals surface area contributed by atoms with Crippen molar-refractivity contribution in [2.75, 3.05) is 19.6 Å². The van der Waals surface area contributed by atoms with Crippen LogP contribution in [0.5, 0.6) is 0 Å². The largest absolute Gasteiger partial charge is 0.513 e. The number of hydrogen-bond donors (Lipinski definition) is 2. The van der Waals surface area contributed by atoms with E-state index in [9.17, 15) is 9.59 Å². The summed E-state index contributed by atoms with van der Waals surface area (Å²) in [4.78, 5) is 21.6. The first-order valence-electron chi connectivity index (χ1n) is 5.45. The van der Waals surface area contributed by atoms with Gasteiger partial charge in [0.15, 0.2) is 0 Å². The highest BCUT2D eigenvalue weighted by Gasteiger charge is 2.39. The van der Waals surface area contributed by atoms with Gasteiger partial charge in [-0.05, 0) is 12.8 Å². The highest BCUT2D eigenvalue weighted by atomic mass is 16.4. The second kappa shape index (κ2) is 5.11. The van der Waals surface area contributed by atoms with E-state index in [0.717, 1.165) is 32.4 Å². The average Bonchev–Trinajstić information content (AvgIpc) is 2.62. The van der Waals surface area contributed by atoms with Gasteiger partial charge in [0.05, 0.1) is 19.6 Å². The smallest absolute Gasteiger partial charge is 0.435 e. The van der Waals surface area contributed by atoms with Crippen LogP contribution in [0.15, 0.2) is 0 Å². The Bertz CT molecular complexity index is 247. The summed E-state index contributed by atoms with van der Waals surface area (Å²) in [5.41, 5.74) is 5.02. The van der Waals surface area contributed by atoms with Gasteiger partial charge in [-0.3, -0.25) is 4.79 Å². The fraction of sp³-hybridized carbons (Fsp3) is 0.800. The number of likely N-dealkylation sites (tertiary alicyclic amines) is 1. The van der Waals surface area contributed by atoms with E-state index in [2.05, 4.69) is 0 Å². The van der Waals surface area contributed by atoms with Gasteiger partial charge in [-0.1, -0.05) is 0 Å². The number of amides is 2. The molecule has 3 N–H and O–H groups in total. The Labute approximate surface area is 89.4 Å². The number of hydrogen-bond acceptors (Lipinski definition) is 2. The number of carbonyl (C=O) groups is 2. The minimum absolute atomic E-state index is 0.179. The fourth-order valence-electron chi connectivity index (χ4n) is 2.16. The van der Waals surface area contributed by atoms with Crippen molar-refractivity contribution < 1.29 is 19.2 Å². The lowest BCUT2D eigenvalue weighted by Crippen LogP contribution is -2.50. The third kappa shape index (κ3) is 3.20. The molecule has 0 atom stereocenters. The summed E-state index contributed by atoms with van der Waals surface area (Å²) >= 11 is 0. The second-order valence-electron chi connectivity index (χ2n) is 4.23. The summed E-state index contributed by atoms with van der Waals surface area (Å²) in [7, 11) is 0. The van der Waals surface area contributed by atoms with E-state index in [1.807, 2.05) is 0 Å². The van der Waals surface area contributed by atoms with Crippen LogP contribution in [0.2, 0.25) is 0 Å². The standard InChI is InChI=1S/C10H18N2O3/c11-9(13)5-1-2-6-12(10(14)15)7-3-4-8-12/h1-8H2,(H2-,11,13,14,15)/p+1. The monoisotopic (exact) mass is 215 g/mol. The first kappa shape index (κ1) is 12.0. The molecule has 1 fully saturated rings. The summed E-state index contributed by atoms with van der Waals surface area (Å²) in [6.07, 6.45) is 3.06. The van der Waals surface area contributed by atoms with E-state index in [1.165, 1.54) is 0 Å². The van der Waals surface area contributed by atoms with Gasteiger partial charge in [0.25, 0.3) is 0 Å². The zero-order valence-corrected chi connectivity index (χ0v) is 8.95. The maximum Gasteiger partial charge on any atom is 0.513 e. The highest BCUT2D eigenvalue weighted by molar-refractivity contribution is 5.73. The van der Waals surface area contributed by atoms with Crippen molar-refractivity contribution in [2.45, 2.75) is 32.1 Å². The minimum Gasteiger partial charge on any atom is -0.435 e. The Kier molecular flexibility index (Phi) is 4.08. The molecule has 1 aliphatic rings. The molecular formula is C10H19N2O3+. The summed E-state index contributed by atoms with van der Waals surface area (Å²) in [5, 5.41) is 9.15. The molecule has 1 rings (SSSR count). The molecule has 0 radical (unpaired) electrons. The fourth-order valence-corrected chi connectivity index (χ4v) is 2.16. The van der Waals surface area contributed by atoms with Gasteiger partial charge in [-0.25, -0.2) is 4.48 Å². The lowest BCUT2D eigenvalue weighted by atomic mass is 10.2. The zero-order valence-electron chi connectivity index (χ0n) is 8.95. The van der Waals surface area contributed by atoms with Crippen LogP contribution in [0.1, 0.15) is 32.1 Å². The normalized spacial score (nSPS) is 18.9. The van der Waals surface area contributed by atoms with Crippen LogP contribution in [0.4, 0.5) is 4.79 Å². The van der Waals surface area contributed by atoms with Crippen molar-refractivity contribution in [1.82, 2.24) is 0 Å². The molecule has 0 saturated carbocycles. The third-order valence-electron chi connectivity index (χ3n) is 3.09. The molecule has 5 nitrogen and oxygen atoms in total. The Hall–Kier alpha value is -1.10. The van der Waals surface area contributed by atoms with Crippen molar-refractivity contribution in [3.63, 3.8) is 0 Å². The predicted molar refractivity (Wildman–Crippen MR) is 55.2 cm³/mol. The number of carbonyl (C=O) groups excluding carboxylic acids is 1. The Morgan fingerprint density at radius 1 is 1.20 bits per heavy atom. The maximum absolute atomic E-state index is 11.1. The van der Waals surface area contributed by atoms with Gasteiger partial charge in [0.1, 0.15) is 0 Å². The molecule has 1 saturated heterocycles. The van der Waals surface area contributed by atoms with Crippen LogP contribution in [0.25, 0.3) is 0 Å². The Morgan fingerprint density at radius 3 is 2.27 bits per heavy atom. The molecule has 0 aromatic heterocycles. The molecule has 0 spiro atoms. The van der Waals surface area contributed by atoms with Crippen molar-refractivity contribution in [3.05, 3.63) is 0 Å². The van der Waals surface area contributed by atoms with Crippen molar-refractivity contribution in [3.8, 4) is 0 Å². The van der Waals surface area contributed by atoms with Crippen molar-refractivity contribution in [1.29, 1.82) is 0 Å². The summed E-state index contributed by atoms with van der Waals surface area (Å²) in [6.45, 7) is 2.08. The predicted octanol–water partition coefficient (Wildman–Crippen LogP) is 0.931. The molecule has 0 bridgehead atoms. The first-order valence-corrected chi connectivity index (χ1v) is 5.45. The van der Waals surface area contributed by atoms with E-state index in [4.69, 9.17) is 10.8 Å². The molecule has 0 aromatic rings. The number of nitrogens with zero attached hydrogens (tertiary/aromatic N) is 1. The average molecular weight is 215 g/mol. The van der Waals surface area contributed by atoms with E-state index in [0.29, 0.717) is 19.4 Å². The molecule has 2 amide bonds. The van der Waals surface area contributed by atoms with Crippen molar-refractivity contribution >= 4 is 12.0 Å². The van der Waals surface area contributed by atoms with E-state index in [-0.39, 0.29) is 10.4 Å². The number of unbranched alkanes of at least 4 members (excludes halogenated alkanes) is 1. The van der Waals surface area contributed by atoms with Gasteiger partial charge in [-0.2, -0.15) is 4.79 Å². The van der Waals surface area contributed by atoms with Crippen LogP contribution in [-0.4, -0.2) is 41.2 Å². The lowest BCUT2D eigenvalue weighted by molar-refractivity contribution is -0.845. The van der Waals surface area contributed by atoms with Crippen LogP contribution < -0.4 is 5.73 Å². The Morgan fingerprint density at radius 2 is 1.80 bits per heavy atom. The molecule has 0 aliphatic carbocycles. The summed E-state index contributed by atoms with van der Waals surface area (Å²) in [6, 6.07) is 0. The molecule has 5 heteroatoms. The lowest BCUT2D eigenvalue weighted by Gasteiger charge is -2.27. The van der Waals surface area contributed by atoms with Gasteiger partial charge in [-0.15, -0.1) is 0 Å².